The number of nitrogens with two attached hydrogens (primary N) is 2. The third-order valence-electron chi connectivity index (χ3n) is 5.28. The first-order valence-electron chi connectivity index (χ1n) is 10.6. The molecule has 0 saturated heterocycles. The van der Waals surface area contributed by atoms with Crippen LogP contribution in [0.4, 0.5) is 5.82 Å². The number of carbonyl (C=O) groups excluding carboxylic acids is 1. The zero-order valence-corrected chi connectivity index (χ0v) is 18.0. The summed E-state index contributed by atoms with van der Waals surface area (Å²) in [7, 11) is 0. The highest BCUT2D eigenvalue weighted by molar-refractivity contribution is 5.94. The smallest absolute Gasteiger partial charge is 0.255 e. The third kappa shape index (κ3) is 4.28. The number of pyridine rings is 2. The monoisotopic (exact) mass is 430 g/mol. The molecule has 4 N–H and O–H groups in total. The Bertz CT molecular complexity index is 1200. The number of carbonyl (C=O) groups is 1. The van der Waals surface area contributed by atoms with Gasteiger partial charge in [0.1, 0.15) is 0 Å². The molecule has 0 aliphatic rings. The summed E-state index contributed by atoms with van der Waals surface area (Å²) in [6.07, 6.45) is 8.64. The molecule has 9 heteroatoms. The zero-order chi connectivity index (χ0) is 22.5. The number of nitrogens with zero attached hydrogens (tertiary/aromatic N) is 6. The highest BCUT2D eigenvalue weighted by Crippen LogP contribution is 2.28. The molecule has 0 aliphatic heterocycles. The highest BCUT2D eigenvalue weighted by atomic mass is 16.2. The van der Waals surface area contributed by atoms with E-state index in [4.69, 9.17) is 11.5 Å². The minimum Gasteiger partial charge on any atom is -0.382 e. The Labute approximate surface area is 186 Å². The molecule has 0 spiro atoms. The van der Waals surface area contributed by atoms with Crippen molar-refractivity contribution in [3.63, 3.8) is 0 Å². The second-order valence-electron chi connectivity index (χ2n) is 7.40. The molecular weight excluding hydrogens is 404 g/mol. The molecule has 1 amide bonds. The number of fused-ring (bicyclic) bond motifs is 1. The normalized spacial score (nSPS) is 11.1. The summed E-state index contributed by atoms with van der Waals surface area (Å²) in [5, 5.41) is 4.39. The minimum atomic E-state index is -0.0306. The van der Waals surface area contributed by atoms with Gasteiger partial charge in [0.15, 0.2) is 11.5 Å². The summed E-state index contributed by atoms with van der Waals surface area (Å²) < 4.78 is 1.63. The number of aromatic nitrogens is 5. The van der Waals surface area contributed by atoms with Crippen LogP contribution in [0.25, 0.3) is 28.2 Å². The van der Waals surface area contributed by atoms with Crippen LogP contribution in [0.2, 0.25) is 0 Å². The number of amides is 1. The molecule has 0 unspecified atom stereocenters. The van der Waals surface area contributed by atoms with Gasteiger partial charge in [0, 0.05) is 43.4 Å². The Balaban J connectivity index is 1.58. The van der Waals surface area contributed by atoms with Gasteiger partial charge in [-0.2, -0.15) is 0 Å². The van der Waals surface area contributed by atoms with Crippen molar-refractivity contribution in [2.75, 3.05) is 25.4 Å². The van der Waals surface area contributed by atoms with E-state index in [2.05, 4.69) is 20.1 Å². The average Bonchev–Trinajstić information content (AvgIpc) is 3.17. The van der Waals surface area contributed by atoms with Gasteiger partial charge in [-0.3, -0.25) is 14.8 Å². The van der Waals surface area contributed by atoms with E-state index in [1.165, 1.54) is 0 Å². The van der Waals surface area contributed by atoms with Gasteiger partial charge in [-0.1, -0.05) is 6.07 Å². The van der Waals surface area contributed by atoms with Gasteiger partial charge < -0.3 is 16.4 Å². The van der Waals surface area contributed by atoms with Crippen LogP contribution in [0.3, 0.4) is 0 Å². The molecule has 4 aromatic rings. The molecule has 4 aromatic heterocycles. The SMILES string of the molecule is CCN(CCCCN)C(=O)c1ccc(-c2cnc3c(-c4ccccn4)c(N)nn3c2)nc1. The predicted molar refractivity (Wildman–Crippen MR) is 124 cm³/mol. The molecule has 164 valence electrons. The van der Waals surface area contributed by atoms with Crippen LogP contribution in [0, 0.1) is 0 Å². The number of hydrogen-bond donors (Lipinski definition) is 2. The van der Waals surface area contributed by atoms with Crippen molar-refractivity contribution in [2.24, 2.45) is 5.73 Å². The second kappa shape index (κ2) is 9.52. The number of nitrogen functional groups attached to an aromatic ring is 1. The summed E-state index contributed by atoms with van der Waals surface area (Å²) in [5.41, 5.74) is 15.7. The van der Waals surface area contributed by atoms with Crippen molar-refractivity contribution >= 4 is 17.4 Å². The van der Waals surface area contributed by atoms with Crippen molar-refractivity contribution in [3.8, 4) is 22.5 Å². The lowest BCUT2D eigenvalue weighted by Crippen LogP contribution is -2.32. The molecule has 0 radical (unpaired) electrons. The summed E-state index contributed by atoms with van der Waals surface area (Å²) in [6.45, 7) is 3.93. The molecule has 0 aliphatic carbocycles. The fraction of sp³-hybridized carbons (Fsp3) is 0.261. The fourth-order valence-electron chi connectivity index (χ4n) is 3.56. The van der Waals surface area contributed by atoms with E-state index >= 15 is 0 Å². The standard InChI is InChI=1S/C23H26N8O/c1-2-30(12-6-4-10-24)23(32)16-8-9-18(27-13-16)17-14-28-22-20(19-7-3-5-11-26-19)21(25)29-31(22)15-17/h3,5,7-9,11,13-15H,2,4,6,10,12,24H2,1H3,(H2,25,29). The summed E-state index contributed by atoms with van der Waals surface area (Å²) >= 11 is 0. The van der Waals surface area contributed by atoms with Crippen molar-refractivity contribution in [1.82, 2.24) is 29.5 Å². The van der Waals surface area contributed by atoms with E-state index in [1.807, 2.05) is 42.3 Å². The highest BCUT2D eigenvalue weighted by Gasteiger charge is 2.17. The van der Waals surface area contributed by atoms with E-state index in [9.17, 15) is 4.79 Å². The summed E-state index contributed by atoms with van der Waals surface area (Å²) in [6, 6.07) is 9.21. The zero-order valence-electron chi connectivity index (χ0n) is 18.0. The lowest BCUT2D eigenvalue weighted by molar-refractivity contribution is 0.0761. The van der Waals surface area contributed by atoms with Gasteiger partial charge in [-0.05, 0) is 50.6 Å². The van der Waals surface area contributed by atoms with Crippen LogP contribution in [-0.4, -0.2) is 55.0 Å². The van der Waals surface area contributed by atoms with Gasteiger partial charge >= 0.3 is 0 Å². The van der Waals surface area contributed by atoms with Crippen molar-refractivity contribution in [2.45, 2.75) is 19.8 Å². The van der Waals surface area contributed by atoms with Crippen LogP contribution < -0.4 is 11.5 Å². The maximum Gasteiger partial charge on any atom is 0.255 e. The van der Waals surface area contributed by atoms with Crippen LogP contribution in [-0.2, 0) is 0 Å². The minimum absolute atomic E-state index is 0.0306. The van der Waals surface area contributed by atoms with Crippen molar-refractivity contribution < 1.29 is 4.79 Å². The molecule has 9 nitrogen and oxygen atoms in total. The topological polar surface area (TPSA) is 128 Å². The van der Waals surface area contributed by atoms with Crippen LogP contribution in [0.15, 0.2) is 55.1 Å². The van der Waals surface area contributed by atoms with Gasteiger partial charge in [0.25, 0.3) is 5.91 Å². The van der Waals surface area contributed by atoms with Gasteiger partial charge in [0.05, 0.1) is 22.5 Å². The predicted octanol–water partition coefficient (Wildman–Crippen LogP) is 2.64. The molecule has 4 rings (SSSR count). The lowest BCUT2D eigenvalue weighted by Gasteiger charge is -2.20. The molecular formula is C23H26N8O. The molecule has 0 saturated carbocycles. The fourth-order valence-corrected chi connectivity index (χ4v) is 3.56. The van der Waals surface area contributed by atoms with Crippen molar-refractivity contribution in [3.05, 3.63) is 60.7 Å². The van der Waals surface area contributed by atoms with Gasteiger partial charge in [-0.25, -0.2) is 9.50 Å². The summed E-state index contributed by atoms with van der Waals surface area (Å²) in [4.78, 5) is 28.0. The number of rotatable bonds is 8. The lowest BCUT2D eigenvalue weighted by atomic mass is 10.1. The Morgan fingerprint density at radius 3 is 2.62 bits per heavy atom. The first kappa shape index (κ1) is 21.4. The first-order valence-corrected chi connectivity index (χ1v) is 10.6. The maximum absolute atomic E-state index is 12.8. The van der Waals surface area contributed by atoms with E-state index in [0.717, 1.165) is 18.4 Å². The van der Waals surface area contributed by atoms with Crippen molar-refractivity contribution in [1.29, 1.82) is 0 Å². The third-order valence-corrected chi connectivity index (χ3v) is 5.28. The molecule has 0 atom stereocenters. The maximum atomic E-state index is 12.8. The molecule has 0 aromatic carbocycles. The Morgan fingerprint density at radius 2 is 1.94 bits per heavy atom. The average molecular weight is 431 g/mol. The van der Waals surface area contributed by atoms with E-state index in [1.54, 1.807) is 29.2 Å². The molecule has 0 bridgehead atoms. The van der Waals surface area contributed by atoms with E-state index in [-0.39, 0.29) is 5.91 Å². The number of anilines is 1. The number of hydrogen-bond acceptors (Lipinski definition) is 7. The first-order chi connectivity index (χ1) is 15.6. The van der Waals surface area contributed by atoms with Crippen LogP contribution >= 0.6 is 0 Å². The van der Waals surface area contributed by atoms with E-state index in [0.29, 0.717) is 53.6 Å². The van der Waals surface area contributed by atoms with Crippen LogP contribution in [0.1, 0.15) is 30.1 Å². The van der Waals surface area contributed by atoms with Gasteiger partial charge in [-0.15, -0.1) is 5.10 Å². The number of unbranched alkanes of at least 4 members (excludes halogenated alkanes) is 1. The Kier molecular flexibility index (Phi) is 6.37. The Morgan fingerprint density at radius 1 is 1.06 bits per heavy atom. The molecule has 32 heavy (non-hydrogen) atoms. The largest absolute Gasteiger partial charge is 0.382 e. The molecule has 0 fully saturated rings. The molecule has 4 heterocycles. The van der Waals surface area contributed by atoms with Crippen LogP contribution in [0.5, 0.6) is 0 Å². The Hall–Kier alpha value is -3.85. The van der Waals surface area contributed by atoms with E-state index < -0.39 is 0 Å². The quantitative estimate of drug-likeness (QED) is 0.411. The summed E-state index contributed by atoms with van der Waals surface area (Å²) in [5.74, 6) is 0.327. The second-order valence-corrected chi connectivity index (χ2v) is 7.40. The van der Waals surface area contributed by atoms with Gasteiger partial charge in [0.2, 0.25) is 0 Å².